The summed E-state index contributed by atoms with van der Waals surface area (Å²) < 4.78 is 13.9. The van der Waals surface area contributed by atoms with Gasteiger partial charge in [0.2, 0.25) is 23.6 Å². The molecule has 3 N–H and O–H groups in total. The Balaban J connectivity index is 1.49. The summed E-state index contributed by atoms with van der Waals surface area (Å²) in [5, 5.41) is 8.52. The van der Waals surface area contributed by atoms with Gasteiger partial charge in [-0.1, -0.05) is 72.8 Å². The minimum atomic E-state index is -1.08. The Kier molecular flexibility index (Phi) is 8.72. The number of rotatable bonds is 6. The zero-order chi connectivity index (χ0) is 28.8. The highest BCUT2D eigenvalue weighted by molar-refractivity contribution is 5.98. The molecule has 212 valence electrons. The number of nitrogens with zero attached hydrogens (tertiary/aromatic N) is 1. The lowest BCUT2D eigenvalue weighted by molar-refractivity contribution is -0.143. The molecule has 0 radical (unpaired) electrons. The lowest BCUT2D eigenvalue weighted by atomic mass is 9.99. The predicted molar refractivity (Wildman–Crippen MR) is 151 cm³/mol. The summed E-state index contributed by atoms with van der Waals surface area (Å²) in [7, 11) is 0. The summed E-state index contributed by atoms with van der Waals surface area (Å²) in [4.78, 5) is 56.3. The third kappa shape index (κ3) is 6.98. The van der Waals surface area contributed by atoms with Crippen molar-refractivity contribution in [1.82, 2.24) is 20.9 Å². The van der Waals surface area contributed by atoms with E-state index in [2.05, 4.69) is 16.0 Å². The number of carbonyl (C=O) groups is 4. The highest BCUT2D eigenvalue weighted by Crippen LogP contribution is 2.21. The van der Waals surface area contributed by atoms with Crippen LogP contribution in [0.1, 0.15) is 29.5 Å². The topological polar surface area (TPSA) is 108 Å². The van der Waals surface area contributed by atoms with Crippen LogP contribution in [0.25, 0.3) is 0 Å². The van der Waals surface area contributed by atoms with E-state index in [9.17, 15) is 23.6 Å². The van der Waals surface area contributed by atoms with Crippen molar-refractivity contribution in [1.29, 1.82) is 0 Å². The SMILES string of the molecule is O=C1N[C@H](Cc2ccccc2)C(=O)N[C@@H](Cc2ccccc2)C(=O)N2CCC[C@@H]2C(=O)N[C@H]1Cc1cccc(F)c1. The van der Waals surface area contributed by atoms with Crippen LogP contribution in [-0.2, 0) is 38.4 Å². The van der Waals surface area contributed by atoms with Gasteiger partial charge in [0, 0.05) is 25.8 Å². The zero-order valence-corrected chi connectivity index (χ0v) is 22.6. The van der Waals surface area contributed by atoms with Gasteiger partial charge in [-0.3, -0.25) is 19.2 Å². The van der Waals surface area contributed by atoms with Crippen LogP contribution in [0, 0.1) is 5.82 Å². The first kappa shape index (κ1) is 28.0. The first-order chi connectivity index (χ1) is 19.9. The molecule has 0 unspecified atom stereocenters. The van der Waals surface area contributed by atoms with E-state index in [1.54, 1.807) is 6.07 Å². The van der Waals surface area contributed by atoms with E-state index in [0.717, 1.165) is 11.1 Å². The van der Waals surface area contributed by atoms with E-state index in [1.807, 2.05) is 60.7 Å². The highest BCUT2D eigenvalue weighted by atomic mass is 19.1. The first-order valence-electron chi connectivity index (χ1n) is 13.9. The molecule has 0 aliphatic carbocycles. The Morgan fingerprint density at radius 3 is 1.76 bits per heavy atom. The van der Waals surface area contributed by atoms with Crippen LogP contribution in [0.15, 0.2) is 84.9 Å². The molecule has 3 aromatic rings. The molecule has 41 heavy (non-hydrogen) atoms. The van der Waals surface area contributed by atoms with Crippen LogP contribution in [0.4, 0.5) is 4.39 Å². The number of carbonyl (C=O) groups excluding carboxylic acids is 4. The second kappa shape index (κ2) is 12.8. The fraction of sp³-hybridized carbons (Fsp3) is 0.312. The second-order valence-corrected chi connectivity index (χ2v) is 10.6. The fourth-order valence-corrected chi connectivity index (χ4v) is 5.53. The van der Waals surface area contributed by atoms with Crippen LogP contribution in [0.2, 0.25) is 0 Å². The molecule has 8 nitrogen and oxygen atoms in total. The van der Waals surface area contributed by atoms with Gasteiger partial charge in [0.1, 0.15) is 30.0 Å². The monoisotopic (exact) mass is 556 g/mol. The number of fused-ring (bicyclic) bond motifs is 1. The molecule has 2 aliphatic rings. The molecule has 0 spiro atoms. The van der Waals surface area contributed by atoms with Gasteiger partial charge in [-0.25, -0.2) is 4.39 Å². The Bertz CT molecular complexity index is 1400. The van der Waals surface area contributed by atoms with Gasteiger partial charge in [-0.05, 0) is 41.7 Å². The average molecular weight is 557 g/mol. The Labute approximate surface area is 238 Å². The van der Waals surface area contributed by atoms with E-state index in [4.69, 9.17) is 0 Å². The van der Waals surface area contributed by atoms with E-state index >= 15 is 0 Å². The number of halogens is 1. The van der Waals surface area contributed by atoms with Crippen molar-refractivity contribution in [2.45, 2.75) is 56.3 Å². The Morgan fingerprint density at radius 1 is 0.634 bits per heavy atom. The maximum Gasteiger partial charge on any atom is 0.246 e. The minimum Gasteiger partial charge on any atom is -0.342 e. The minimum absolute atomic E-state index is 0.0201. The van der Waals surface area contributed by atoms with E-state index < -0.39 is 47.7 Å². The van der Waals surface area contributed by atoms with E-state index in [-0.39, 0.29) is 25.2 Å². The summed E-state index contributed by atoms with van der Waals surface area (Å²) >= 11 is 0. The van der Waals surface area contributed by atoms with Crippen LogP contribution in [0.3, 0.4) is 0 Å². The number of benzene rings is 3. The maximum atomic E-state index is 13.9. The molecule has 0 bridgehead atoms. The summed E-state index contributed by atoms with van der Waals surface area (Å²) in [5.74, 6) is -2.30. The molecule has 0 saturated carbocycles. The second-order valence-electron chi connectivity index (χ2n) is 10.6. The summed E-state index contributed by atoms with van der Waals surface area (Å²) in [6, 6.07) is 20.6. The number of hydrogen-bond acceptors (Lipinski definition) is 4. The average Bonchev–Trinajstić information content (AvgIpc) is 3.47. The van der Waals surface area contributed by atoms with Crippen molar-refractivity contribution in [2.75, 3.05) is 6.54 Å². The number of amides is 4. The summed E-state index contributed by atoms with van der Waals surface area (Å²) in [6.07, 6.45) is 1.50. The molecule has 0 aromatic heterocycles. The van der Waals surface area contributed by atoms with Crippen molar-refractivity contribution in [3.8, 4) is 0 Å². The Hall–Kier alpha value is -4.53. The van der Waals surface area contributed by atoms with Gasteiger partial charge in [0.05, 0.1) is 0 Å². The zero-order valence-electron chi connectivity index (χ0n) is 22.6. The van der Waals surface area contributed by atoms with Crippen LogP contribution in [0.5, 0.6) is 0 Å². The first-order valence-corrected chi connectivity index (χ1v) is 13.9. The number of hydrogen-bond donors (Lipinski definition) is 3. The molecule has 2 aliphatic heterocycles. The Morgan fingerprint density at radius 2 is 1.15 bits per heavy atom. The molecular formula is C32H33FN4O4. The van der Waals surface area contributed by atoms with Gasteiger partial charge in [0.25, 0.3) is 0 Å². The normalized spacial score (nSPS) is 23.5. The molecular weight excluding hydrogens is 523 g/mol. The van der Waals surface area contributed by atoms with Crippen LogP contribution in [-0.4, -0.2) is 59.2 Å². The van der Waals surface area contributed by atoms with Crippen molar-refractivity contribution in [3.05, 3.63) is 107 Å². The lowest BCUT2D eigenvalue weighted by Gasteiger charge is -2.32. The van der Waals surface area contributed by atoms with E-state index in [1.165, 1.54) is 23.1 Å². The molecule has 3 aromatic carbocycles. The number of nitrogens with one attached hydrogen (secondary N) is 3. The van der Waals surface area contributed by atoms with Crippen molar-refractivity contribution < 1.29 is 23.6 Å². The molecule has 4 amide bonds. The van der Waals surface area contributed by atoms with Crippen LogP contribution >= 0.6 is 0 Å². The molecule has 4 atom stereocenters. The highest BCUT2D eigenvalue weighted by Gasteiger charge is 2.40. The van der Waals surface area contributed by atoms with Crippen LogP contribution < -0.4 is 16.0 Å². The lowest BCUT2D eigenvalue weighted by Crippen LogP contribution is -2.62. The third-order valence-electron chi connectivity index (χ3n) is 7.61. The molecule has 5 rings (SSSR count). The summed E-state index contributed by atoms with van der Waals surface area (Å²) in [6.45, 7) is 0.367. The van der Waals surface area contributed by atoms with Gasteiger partial charge in [-0.2, -0.15) is 0 Å². The van der Waals surface area contributed by atoms with E-state index in [0.29, 0.717) is 24.9 Å². The fourth-order valence-electron chi connectivity index (χ4n) is 5.53. The maximum absolute atomic E-state index is 13.9. The van der Waals surface area contributed by atoms with Gasteiger partial charge < -0.3 is 20.9 Å². The standard InChI is InChI=1S/C32H33FN4O4/c33-24-14-7-13-23(17-24)20-26-29(38)34-25(18-21-9-3-1-4-10-21)30(39)36-27(19-22-11-5-2-6-12-22)32(41)37-16-8-15-28(37)31(40)35-26/h1-7,9-14,17,25-28H,8,15-16,18-20H2,(H,34,38)(H,35,40)(H,36,39)/t25-,26+,27+,28-/m1/s1. The van der Waals surface area contributed by atoms with Gasteiger partial charge in [-0.15, -0.1) is 0 Å². The van der Waals surface area contributed by atoms with Crippen molar-refractivity contribution in [3.63, 3.8) is 0 Å². The van der Waals surface area contributed by atoms with Gasteiger partial charge >= 0.3 is 0 Å². The molecule has 2 heterocycles. The quantitative estimate of drug-likeness (QED) is 0.433. The van der Waals surface area contributed by atoms with Crippen molar-refractivity contribution >= 4 is 23.6 Å². The third-order valence-corrected chi connectivity index (χ3v) is 7.61. The molecule has 9 heteroatoms. The van der Waals surface area contributed by atoms with Gasteiger partial charge in [0.15, 0.2) is 0 Å². The largest absolute Gasteiger partial charge is 0.342 e. The molecule has 2 saturated heterocycles. The predicted octanol–water partition coefficient (Wildman–Crippen LogP) is 2.31. The smallest absolute Gasteiger partial charge is 0.246 e. The summed E-state index contributed by atoms with van der Waals surface area (Å²) in [5.41, 5.74) is 2.19. The van der Waals surface area contributed by atoms with Crippen molar-refractivity contribution in [2.24, 2.45) is 0 Å². The molecule has 2 fully saturated rings.